The molecule has 5 unspecified atom stereocenters. The second kappa shape index (κ2) is 21.7. The summed E-state index contributed by atoms with van der Waals surface area (Å²) in [5, 5.41) is 25.0. The molecule has 0 saturated carbocycles. The van der Waals surface area contributed by atoms with E-state index in [1.54, 1.807) is 30.0 Å². The van der Waals surface area contributed by atoms with Gasteiger partial charge in [-0.1, -0.05) is 48.5 Å². The van der Waals surface area contributed by atoms with Gasteiger partial charge in [-0.15, -0.1) is 11.8 Å². The molecule has 3 saturated heterocycles. The van der Waals surface area contributed by atoms with Crippen molar-refractivity contribution in [2.24, 2.45) is 5.92 Å². The zero-order valence-corrected chi connectivity index (χ0v) is 37.4. The van der Waals surface area contributed by atoms with Gasteiger partial charge in [0.15, 0.2) is 6.23 Å². The Kier molecular flexibility index (Phi) is 15.9. The van der Waals surface area contributed by atoms with Crippen LogP contribution >= 0.6 is 11.8 Å². The van der Waals surface area contributed by atoms with Crippen molar-refractivity contribution in [1.82, 2.24) is 35.8 Å². The number of imide groups is 1. The lowest BCUT2D eigenvalue weighted by Gasteiger charge is -2.31. The third kappa shape index (κ3) is 12.3. The summed E-state index contributed by atoms with van der Waals surface area (Å²) in [6.45, 7) is 1.53. The van der Waals surface area contributed by atoms with E-state index < -0.39 is 45.9 Å². The first-order chi connectivity index (χ1) is 31.2. The average molecular weight is 936 g/mol. The molecule has 0 bridgehead atoms. The molecule has 4 aliphatic heterocycles. The lowest BCUT2D eigenvalue weighted by Crippen LogP contribution is -2.53. The molecule has 4 aliphatic rings. The van der Waals surface area contributed by atoms with Crippen molar-refractivity contribution < 1.29 is 56.5 Å². The molecule has 65 heavy (non-hydrogen) atoms. The van der Waals surface area contributed by atoms with Gasteiger partial charge in [-0.3, -0.25) is 44.3 Å². The molecule has 21 heteroatoms. The number of carbonyl (C=O) groups excluding carboxylic acids is 6. The number of sulfonamides is 1. The van der Waals surface area contributed by atoms with Crippen LogP contribution < -0.4 is 31.3 Å². The summed E-state index contributed by atoms with van der Waals surface area (Å²) in [4.78, 5) is 76.1. The largest absolute Gasteiger partial charge is 0.490 e. The molecule has 0 aliphatic carbocycles. The van der Waals surface area contributed by atoms with Gasteiger partial charge < -0.3 is 35.3 Å². The van der Waals surface area contributed by atoms with Crippen LogP contribution in [-0.2, 0) is 50.0 Å². The van der Waals surface area contributed by atoms with Crippen LogP contribution in [0.5, 0.6) is 5.75 Å². The van der Waals surface area contributed by atoms with Crippen LogP contribution in [0.4, 0.5) is 0 Å². The van der Waals surface area contributed by atoms with Crippen LogP contribution in [0, 0.1) is 5.92 Å². The average Bonchev–Trinajstić information content (AvgIpc) is 4.04. The highest BCUT2D eigenvalue weighted by molar-refractivity contribution is 8.00. The van der Waals surface area contributed by atoms with Crippen LogP contribution in [0.25, 0.3) is 11.1 Å². The lowest BCUT2D eigenvalue weighted by molar-refractivity contribution is -0.139. The Bertz CT molecular complexity index is 2390. The molecule has 0 radical (unpaired) electrons. The summed E-state index contributed by atoms with van der Waals surface area (Å²) in [6, 6.07) is 19.9. The molecule has 19 nitrogen and oxygen atoms in total. The fourth-order valence-electron chi connectivity index (χ4n) is 8.04. The normalized spacial score (nSPS) is 22.1. The number of amides is 6. The third-order valence-electron chi connectivity index (χ3n) is 11.5. The van der Waals surface area contributed by atoms with Crippen molar-refractivity contribution >= 4 is 57.2 Å². The maximum atomic E-state index is 13.3. The second-order valence-corrected chi connectivity index (χ2v) is 19.1. The SMILES string of the molecule is CS(=O)(=O)N1CCC(C(=O)NCC(=O)NC2NC(c3cccc(-c4cccc(CNC(=O)CCOCCOCCOc5cccc6c5C(=O)N(C5CCC(=O)NC5=O)C6O)c4)c3)CS2)C1. The summed E-state index contributed by atoms with van der Waals surface area (Å²) in [5.74, 6) is -1.97. The van der Waals surface area contributed by atoms with Crippen LogP contribution in [-0.4, -0.2) is 134 Å². The van der Waals surface area contributed by atoms with Crippen molar-refractivity contribution in [3.05, 3.63) is 89.0 Å². The minimum atomic E-state index is -3.36. The Balaban J connectivity index is 0.762. The van der Waals surface area contributed by atoms with E-state index in [0.29, 0.717) is 24.3 Å². The molecule has 6 amide bonds. The number of ether oxygens (including phenoxy) is 3. The van der Waals surface area contributed by atoms with Gasteiger partial charge in [-0.05, 0) is 53.3 Å². The van der Waals surface area contributed by atoms with Gasteiger partial charge in [0.05, 0.1) is 50.7 Å². The molecule has 3 aromatic carbocycles. The number of nitrogens with zero attached hydrogens (tertiary/aromatic N) is 2. The van der Waals surface area contributed by atoms with E-state index in [1.165, 1.54) is 4.31 Å². The Morgan fingerprint density at radius 1 is 0.892 bits per heavy atom. The first kappa shape index (κ1) is 47.5. The van der Waals surface area contributed by atoms with Crippen molar-refractivity contribution in [2.75, 3.05) is 64.7 Å². The first-order valence-corrected chi connectivity index (χ1v) is 24.3. The van der Waals surface area contributed by atoms with Gasteiger partial charge in [0, 0.05) is 49.8 Å². The predicted octanol–water partition coefficient (Wildman–Crippen LogP) is 0.899. The maximum Gasteiger partial charge on any atom is 0.261 e. The van der Waals surface area contributed by atoms with Gasteiger partial charge in [-0.2, -0.15) is 0 Å². The van der Waals surface area contributed by atoms with Gasteiger partial charge in [0.1, 0.15) is 23.9 Å². The van der Waals surface area contributed by atoms with E-state index >= 15 is 0 Å². The number of carbonyl (C=O) groups is 6. The van der Waals surface area contributed by atoms with Gasteiger partial charge in [0.25, 0.3) is 5.91 Å². The molecule has 7 rings (SSSR count). The standard InChI is InChI=1S/C44H53N7O12S2/c1-65(59,60)50-15-13-31(25-50)40(55)46-24-38(54)49-44-47-33(26-64-44)30-8-3-7-29(22-30)28-6-2-5-27(21-28)23-45-36(52)14-16-61-17-18-62-19-20-63-35-10-4-9-32-39(35)43(58)51(42(32)57)34-11-12-37(53)48-41(34)56/h2-10,21-22,31,33-34,42,44,47,57H,11-20,23-26H2,1H3,(H,45,52)(H,46,55)(H,49,54)(H,48,53,56). The summed E-state index contributed by atoms with van der Waals surface area (Å²) >= 11 is 1.55. The Hall–Kier alpha value is -5.42. The number of fused-ring (bicyclic) bond motifs is 1. The molecular weight excluding hydrogens is 883 g/mol. The molecule has 0 spiro atoms. The highest BCUT2D eigenvalue weighted by Crippen LogP contribution is 2.39. The highest BCUT2D eigenvalue weighted by Gasteiger charge is 2.46. The van der Waals surface area contributed by atoms with Crippen LogP contribution in [0.3, 0.4) is 0 Å². The minimum absolute atomic E-state index is 0.0287. The van der Waals surface area contributed by atoms with Gasteiger partial charge in [-0.25, -0.2) is 12.7 Å². The Morgan fingerprint density at radius 2 is 1.63 bits per heavy atom. The lowest BCUT2D eigenvalue weighted by atomic mass is 9.98. The van der Waals surface area contributed by atoms with E-state index in [1.807, 2.05) is 42.5 Å². The molecule has 348 valence electrons. The fourth-order valence-corrected chi connectivity index (χ4v) is 10.1. The van der Waals surface area contributed by atoms with E-state index in [4.69, 9.17) is 14.2 Å². The molecule has 5 atom stereocenters. The summed E-state index contributed by atoms with van der Waals surface area (Å²) in [7, 11) is -3.36. The van der Waals surface area contributed by atoms with Crippen LogP contribution in [0.1, 0.15) is 65.0 Å². The monoisotopic (exact) mass is 935 g/mol. The van der Waals surface area contributed by atoms with Crippen molar-refractivity contribution in [2.45, 2.75) is 56.0 Å². The van der Waals surface area contributed by atoms with Gasteiger partial charge in [0.2, 0.25) is 39.6 Å². The van der Waals surface area contributed by atoms with Crippen LogP contribution in [0.2, 0.25) is 0 Å². The number of piperidine rings is 1. The van der Waals surface area contributed by atoms with Crippen molar-refractivity contribution in [1.29, 1.82) is 0 Å². The fraction of sp³-hybridized carbons (Fsp3) is 0.455. The smallest absolute Gasteiger partial charge is 0.261 e. The molecule has 3 aromatic rings. The summed E-state index contributed by atoms with van der Waals surface area (Å²) < 4.78 is 41.8. The number of aliphatic hydroxyl groups is 1. The quantitative estimate of drug-likeness (QED) is 0.0681. The Labute approximate surface area is 380 Å². The summed E-state index contributed by atoms with van der Waals surface area (Å²) in [6.07, 6.45) is 0.535. The molecule has 0 aromatic heterocycles. The molecular formula is C44H53N7O12S2. The second-order valence-electron chi connectivity index (χ2n) is 16.0. The number of hydrogen-bond donors (Lipinski definition) is 6. The summed E-state index contributed by atoms with van der Waals surface area (Å²) in [5.41, 5.74) is 4.09. The first-order valence-electron chi connectivity index (χ1n) is 21.4. The van der Waals surface area contributed by atoms with E-state index in [9.17, 15) is 42.3 Å². The van der Waals surface area contributed by atoms with Crippen LogP contribution in [0.15, 0.2) is 66.7 Å². The van der Waals surface area contributed by atoms with E-state index in [2.05, 4.69) is 32.7 Å². The number of nitrogens with one attached hydrogen (secondary N) is 5. The molecule has 4 heterocycles. The number of benzene rings is 3. The zero-order chi connectivity index (χ0) is 46.1. The number of hydrogen-bond acceptors (Lipinski definition) is 14. The Morgan fingerprint density at radius 3 is 2.40 bits per heavy atom. The zero-order valence-electron chi connectivity index (χ0n) is 35.8. The number of aliphatic hydroxyl groups excluding tert-OH is 1. The molecule has 6 N–H and O–H groups in total. The number of rotatable bonds is 20. The minimum Gasteiger partial charge on any atom is -0.490 e. The van der Waals surface area contributed by atoms with E-state index in [-0.39, 0.29) is 113 Å². The maximum absolute atomic E-state index is 13.3. The highest BCUT2D eigenvalue weighted by atomic mass is 32.2. The third-order valence-corrected chi connectivity index (χ3v) is 13.8. The van der Waals surface area contributed by atoms with Gasteiger partial charge >= 0.3 is 0 Å². The number of thioether (sulfide) groups is 1. The van der Waals surface area contributed by atoms with Crippen molar-refractivity contribution in [3.8, 4) is 16.9 Å². The molecule has 3 fully saturated rings. The van der Waals surface area contributed by atoms with Crippen molar-refractivity contribution in [3.63, 3.8) is 0 Å². The predicted molar refractivity (Wildman–Crippen MR) is 237 cm³/mol. The topological polar surface area (TPSA) is 251 Å². The van der Waals surface area contributed by atoms with E-state index in [0.717, 1.165) is 33.4 Å².